The Morgan fingerprint density at radius 3 is 2.23 bits per heavy atom. The van der Waals surface area contributed by atoms with Gasteiger partial charge in [-0.05, 0) is 30.2 Å². The summed E-state index contributed by atoms with van der Waals surface area (Å²) in [7, 11) is 6.32. The van der Waals surface area contributed by atoms with Crippen LogP contribution in [0.2, 0.25) is 0 Å². The number of ether oxygens (including phenoxy) is 4. The molecule has 0 saturated carbocycles. The molecule has 0 aliphatic rings. The Balaban J connectivity index is 1.95. The van der Waals surface area contributed by atoms with Crippen molar-refractivity contribution in [1.82, 2.24) is 5.32 Å². The summed E-state index contributed by atoms with van der Waals surface area (Å²) in [6, 6.07) is 10.5. The van der Waals surface area contributed by atoms with Gasteiger partial charge in [0.15, 0.2) is 11.5 Å². The zero-order valence-electron chi connectivity index (χ0n) is 15.4. The fraction of sp³-hybridized carbons (Fsp3) is 0.316. The third kappa shape index (κ3) is 4.95. The third-order valence-corrected chi connectivity index (χ3v) is 3.79. The molecule has 0 atom stereocenters. The Morgan fingerprint density at radius 1 is 0.885 bits per heavy atom. The van der Waals surface area contributed by atoms with Gasteiger partial charge in [-0.1, -0.05) is 6.07 Å². The number of methoxy groups -OCH3 is 4. The van der Waals surface area contributed by atoms with Crippen LogP contribution in [0.15, 0.2) is 36.4 Å². The van der Waals surface area contributed by atoms with Crippen LogP contribution < -0.4 is 29.6 Å². The lowest BCUT2D eigenvalue weighted by Crippen LogP contribution is -2.30. The van der Waals surface area contributed by atoms with Crippen molar-refractivity contribution in [3.05, 3.63) is 42.0 Å². The predicted molar refractivity (Wildman–Crippen MR) is 99.8 cm³/mol. The van der Waals surface area contributed by atoms with Gasteiger partial charge >= 0.3 is 6.03 Å². The highest BCUT2D eigenvalue weighted by Crippen LogP contribution is 2.34. The molecule has 0 bridgehead atoms. The molecule has 0 spiro atoms. The summed E-state index contributed by atoms with van der Waals surface area (Å²) in [5.41, 5.74) is 1.57. The number of urea groups is 1. The molecule has 2 N–H and O–H groups in total. The Bertz CT molecular complexity index is 749. The number of amides is 2. The predicted octanol–water partition coefficient (Wildman–Crippen LogP) is 3.09. The van der Waals surface area contributed by atoms with E-state index in [0.717, 1.165) is 5.56 Å². The lowest BCUT2D eigenvalue weighted by atomic mass is 10.1. The van der Waals surface area contributed by atoms with Gasteiger partial charge in [-0.25, -0.2) is 4.79 Å². The molecule has 0 fully saturated rings. The molecule has 0 heterocycles. The van der Waals surface area contributed by atoms with Crippen LogP contribution in [-0.4, -0.2) is 41.0 Å². The van der Waals surface area contributed by atoms with Crippen LogP contribution in [0.25, 0.3) is 0 Å². The first-order valence-corrected chi connectivity index (χ1v) is 8.09. The number of carbonyl (C=O) groups is 1. The molecule has 140 valence electrons. The number of nitrogens with one attached hydrogen (secondary N) is 2. The van der Waals surface area contributed by atoms with E-state index in [9.17, 15) is 4.79 Å². The van der Waals surface area contributed by atoms with Crippen molar-refractivity contribution in [3.8, 4) is 23.0 Å². The molecular weight excluding hydrogens is 336 g/mol. The number of rotatable bonds is 8. The second kappa shape index (κ2) is 9.41. The fourth-order valence-corrected chi connectivity index (χ4v) is 2.47. The highest BCUT2D eigenvalue weighted by molar-refractivity contribution is 5.89. The van der Waals surface area contributed by atoms with E-state index in [2.05, 4.69) is 10.6 Å². The van der Waals surface area contributed by atoms with E-state index in [1.165, 1.54) is 0 Å². The van der Waals surface area contributed by atoms with Crippen LogP contribution in [0.4, 0.5) is 10.5 Å². The molecule has 0 aromatic heterocycles. The van der Waals surface area contributed by atoms with Gasteiger partial charge in [0.25, 0.3) is 0 Å². The van der Waals surface area contributed by atoms with Crippen LogP contribution in [0.3, 0.4) is 0 Å². The standard InChI is InChI=1S/C19H24N2O5/c1-23-15-7-5-6-14(11-15)21-19(22)20-9-8-13-10-17(25-3)18(26-4)12-16(13)24-2/h5-7,10-12H,8-9H2,1-4H3,(H2,20,21,22). The van der Waals surface area contributed by atoms with Crippen molar-refractivity contribution in [2.75, 3.05) is 40.3 Å². The Hall–Kier alpha value is -3.09. The van der Waals surface area contributed by atoms with Crippen molar-refractivity contribution in [3.63, 3.8) is 0 Å². The van der Waals surface area contributed by atoms with Gasteiger partial charge in [-0.3, -0.25) is 0 Å². The minimum atomic E-state index is -0.294. The second-order valence-electron chi connectivity index (χ2n) is 5.38. The van der Waals surface area contributed by atoms with Gasteiger partial charge in [0.1, 0.15) is 11.5 Å². The summed E-state index contributed by atoms with van der Waals surface area (Å²) in [6.45, 7) is 0.432. The van der Waals surface area contributed by atoms with Crippen LogP contribution in [0.5, 0.6) is 23.0 Å². The molecule has 0 saturated heterocycles. The van der Waals surface area contributed by atoms with Crippen molar-refractivity contribution in [2.45, 2.75) is 6.42 Å². The summed E-state index contributed by atoms with van der Waals surface area (Å²) in [5.74, 6) is 2.57. The zero-order valence-corrected chi connectivity index (χ0v) is 15.4. The maximum Gasteiger partial charge on any atom is 0.319 e. The van der Waals surface area contributed by atoms with Crippen molar-refractivity contribution in [2.24, 2.45) is 0 Å². The smallest absolute Gasteiger partial charge is 0.319 e. The van der Waals surface area contributed by atoms with Gasteiger partial charge in [-0.2, -0.15) is 0 Å². The summed E-state index contributed by atoms with van der Waals surface area (Å²) in [4.78, 5) is 12.0. The third-order valence-electron chi connectivity index (χ3n) is 3.79. The monoisotopic (exact) mass is 360 g/mol. The molecular formula is C19H24N2O5. The molecule has 2 aromatic carbocycles. The number of carbonyl (C=O) groups excluding carboxylic acids is 1. The molecule has 2 amide bonds. The van der Waals surface area contributed by atoms with Gasteiger partial charge < -0.3 is 29.6 Å². The summed E-state index contributed by atoms with van der Waals surface area (Å²) < 4.78 is 21.1. The van der Waals surface area contributed by atoms with E-state index in [4.69, 9.17) is 18.9 Å². The molecule has 0 aliphatic carbocycles. The summed E-state index contributed by atoms with van der Waals surface area (Å²) in [6.07, 6.45) is 0.578. The van der Waals surface area contributed by atoms with Gasteiger partial charge in [0, 0.05) is 24.4 Å². The average Bonchev–Trinajstić information content (AvgIpc) is 2.67. The SMILES string of the molecule is COc1cccc(NC(=O)NCCc2cc(OC)c(OC)cc2OC)c1. The highest BCUT2D eigenvalue weighted by atomic mass is 16.5. The molecule has 0 unspecified atom stereocenters. The molecule has 7 nitrogen and oxygen atoms in total. The maximum atomic E-state index is 12.0. The minimum Gasteiger partial charge on any atom is -0.497 e. The first kappa shape index (κ1) is 19.2. The first-order chi connectivity index (χ1) is 12.6. The van der Waals surface area contributed by atoms with E-state index in [1.807, 2.05) is 18.2 Å². The molecule has 26 heavy (non-hydrogen) atoms. The number of hydrogen-bond acceptors (Lipinski definition) is 5. The molecule has 0 aliphatic heterocycles. The maximum absolute atomic E-state index is 12.0. The lowest BCUT2D eigenvalue weighted by Gasteiger charge is -2.14. The van der Waals surface area contributed by atoms with E-state index in [0.29, 0.717) is 41.7 Å². The summed E-state index contributed by atoms with van der Waals surface area (Å²) in [5, 5.41) is 5.58. The molecule has 2 rings (SSSR count). The summed E-state index contributed by atoms with van der Waals surface area (Å²) >= 11 is 0. The highest BCUT2D eigenvalue weighted by Gasteiger charge is 2.12. The van der Waals surface area contributed by atoms with Crippen LogP contribution >= 0.6 is 0 Å². The van der Waals surface area contributed by atoms with E-state index in [-0.39, 0.29) is 6.03 Å². The molecule has 0 radical (unpaired) electrons. The minimum absolute atomic E-state index is 0.294. The quantitative estimate of drug-likeness (QED) is 0.756. The van der Waals surface area contributed by atoms with E-state index >= 15 is 0 Å². The van der Waals surface area contributed by atoms with Crippen LogP contribution in [0.1, 0.15) is 5.56 Å². The Labute approximate surface area is 153 Å². The second-order valence-corrected chi connectivity index (χ2v) is 5.38. The lowest BCUT2D eigenvalue weighted by molar-refractivity contribution is 0.252. The Kier molecular flexibility index (Phi) is 6.96. The largest absolute Gasteiger partial charge is 0.497 e. The average molecular weight is 360 g/mol. The molecule has 7 heteroatoms. The van der Waals surface area contributed by atoms with Crippen LogP contribution in [0, 0.1) is 0 Å². The van der Waals surface area contributed by atoms with Crippen LogP contribution in [-0.2, 0) is 6.42 Å². The molecule has 2 aromatic rings. The normalized spacial score (nSPS) is 10.0. The van der Waals surface area contributed by atoms with Gasteiger partial charge in [0.2, 0.25) is 0 Å². The van der Waals surface area contributed by atoms with Gasteiger partial charge in [0.05, 0.1) is 28.4 Å². The van der Waals surface area contributed by atoms with E-state index in [1.54, 1.807) is 46.6 Å². The van der Waals surface area contributed by atoms with Crippen molar-refractivity contribution in [1.29, 1.82) is 0 Å². The number of anilines is 1. The van der Waals surface area contributed by atoms with Crippen molar-refractivity contribution < 1.29 is 23.7 Å². The number of hydrogen-bond donors (Lipinski definition) is 2. The van der Waals surface area contributed by atoms with E-state index < -0.39 is 0 Å². The fourth-order valence-electron chi connectivity index (χ4n) is 2.47. The zero-order chi connectivity index (χ0) is 18.9. The first-order valence-electron chi connectivity index (χ1n) is 8.09. The van der Waals surface area contributed by atoms with Crippen molar-refractivity contribution >= 4 is 11.7 Å². The number of benzene rings is 2. The van der Waals surface area contributed by atoms with Gasteiger partial charge in [-0.15, -0.1) is 0 Å². The topological polar surface area (TPSA) is 78.1 Å². The Morgan fingerprint density at radius 2 is 1.58 bits per heavy atom.